The molecule has 2 aliphatic heterocycles. The number of halogens is 1. The molecule has 34 heavy (non-hydrogen) atoms. The highest BCUT2D eigenvalue weighted by atomic mass is 19.1. The van der Waals surface area contributed by atoms with E-state index in [4.69, 9.17) is 9.47 Å². The van der Waals surface area contributed by atoms with Gasteiger partial charge in [-0.2, -0.15) is 0 Å². The normalized spacial score (nSPS) is 16.3. The van der Waals surface area contributed by atoms with Gasteiger partial charge in [-0.1, -0.05) is 19.1 Å². The lowest BCUT2D eigenvalue weighted by atomic mass is 9.99. The Hall–Kier alpha value is -3.81. The van der Waals surface area contributed by atoms with Gasteiger partial charge in [0.25, 0.3) is 5.91 Å². The number of rotatable bonds is 6. The van der Waals surface area contributed by atoms with Crippen molar-refractivity contribution in [1.29, 1.82) is 0 Å². The van der Waals surface area contributed by atoms with Crippen LogP contribution in [0.4, 0.5) is 4.39 Å². The summed E-state index contributed by atoms with van der Waals surface area (Å²) in [6, 6.07) is 14.9. The van der Waals surface area contributed by atoms with E-state index < -0.39 is 6.04 Å². The molecule has 0 radical (unpaired) electrons. The zero-order valence-electron chi connectivity index (χ0n) is 18.9. The van der Waals surface area contributed by atoms with Crippen LogP contribution in [0.5, 0.6) is 11.5 Å². The second-order valence-electron chi connectivity index (χ2n) is 8.47. The molecule has 176 valence electrons. The highest BCUT2D eigenvalue weighted by molar-refractivity contribution is 5.97. The zero-order valence-corrected chi connectivity index (χ0v) is 18.9. The molecular formula is C26H26FN3O4. The summed E-state index contributed by atoms with van der Waals surface area (Å²) in [6.07, 6.45) is 2.68. The predicted molar refractivity (Wildman–Crippen MR) is 123 cm³/mol. The van der Waals surface area contributed by atoms with Crippen molar-refractivity contribution in [1.82, 2.24) is 14.4 Å². The molecule has 5 rings (SSSR count). The van der Waals surface area contributed by atoms with Crippen LogP contribution >= 0.6 is 0 Å². The summed E-state index contributed by atoms with van der Waals surface area (Å²) >= 11 is 0. The summed E-state index contributed by atoms with van der Waals surface area (Å²) in [4.78, 5) is 30.2. The number of hydrogen-bond acceptors (Lipinski definition) is 4. The fourth-order valence-electron chi connectivity index (χ4n) is 4.67. The first-order valence-electron chi connectivity index (χ1n) is 11.4. The van der Waals surface area contributed by atoms with E-state index in [0.29, 0.717) is 48.7 Å². The number of benzene rings is 2. The second-order valence-corrected chi connectivity index (χ2v) is 8.47. The minimum Gasteiger partial charge on any atom is -0.454 e. The minimum atomic E-state index is -0.420. The van der Waals surface area contributed by atoms with Crippen LogP contribution in [0.25, 0.3) is 0 Å². The lowest BCUT2D eigenvalue weighted by Gasteiger charge is -2.38. The molecule has 0 fully saturated rings. The maximum atomic E-state index is 14.1. The van der Waals surface area contributed by atoms with E-state index in [9.17, 15) is 14.0 Å². The molecule has 0 spiro atoms. The van der Waals surface area contributed by atoms with Crippen LogP contribution < -0.4 is 9.47 Å². The van der Waals surface area contributed by atoms with Crippen LogP contribution in [-0.2, 0) is 11.3 Å². The molecule has 0 aliphatic carbocycles. The van der Waals surface area contributed by atoms with Crippen LogP contribution in [0.2, 0.25) is 0 Å². The van der Waals surface area contributed by atoms with E-state index in [1.54, 1.807) is 34.1 Å². The minimum absolute atomic E-state index is 0.0619. The van der Waals surface area contributed by atoms with Gasteiger partial charge in [0.1, 0.15) is 12.4 Å². The molecule has 0 saturated carbocycles. The molecule has 1 atom stereocenters. The van der Waals surface area contributed by atoms with Crippen LogP contribution in [0.1, 0.15) is 41.0 Å². The van der Waals surface area contributed by atoms with E-state index >= 15 is 0 Å². The van der Waals surface area contributed by atoms with Gasteiger partial charge in [-0.05, 0) is 54.4 Å². The van der Waals surface area contributed by atoms with Gasteiger partial charge in [0.2, 0.25) is 12.7 Å². The molecule has 1 aromatic heterocycles. The molecule has 1 unspecified atom stereocenters. The maximum absolute atomic E-state index is 14.1. The molecule has 0 saturated heterocycles. The van der Waals surface area contributed by atoms with Gasteiger partial charge < -0.3 is 23.8 Å². The lowest BCUT2D eigenvalue weighted by Crippen LogP contribution is -2.48. The van der Waals surface area contributed by atoms with Gasteiger partial charge in [-0.25, -0.2) is 4.39 Å². The van der Waals surface area contributed by atoms with Crippen LogP contribution in [0.3, 0.4) is 0 Å². The highest BCUT2D eigenvalue weighted by Crippen LogP contribution is 2.34. The highest BCUT2D eigenvalue weighted by Gasteiger charge is 2.33. The van der Waals surface area contributed by atoms with Crippen molar-refractivity contribution >= 4 is 11.8 Å². The summed E-state index contributed by atoms with van der Waals surface area (Å²) in [5.41, 5.74) is 2.08. The average Bonchev–Trinajstić information content (AvgIpc) is 3.51. The third-order valence-electron chi connectivity index (χ3n) is 6.25. The van der Waals surface area contributed by atoms with E-state index in [1.807, 2.05) is 31.3 Å². The molecule has 2 amide bonds. The Morgan fingerprint density at radius 3 is 2.74 bits per heavy atom. The molecule has 0 N–H and O–H groups in total. The molecule has 7 nitrogen and oxygen atoms in total. The van der Waals surface area contributed by atoms with Crippen molar-refractivity contribution in [2.24, 2.45) is 0 Å². The number of aromatic nitrogens is 1. The first-order valence-corrected chi connectivity index (χ1v) is 11.4. The second kappa shape index (κ2) is 9.21. The Morgan fingerprint density at radius 1 is 1.06 bits per heavy atom. The third-order valence-corrected chi connectivity index (χ3v) is 6.25. The van der Waals surface area contributed by atoms with Crippen molar-refractivity contribution in [2.75, 3.05) is 26.4 Å². The van der Waals surface area contributed by atoms with Gasteiger partial charge in [0.05, 0.1) is 6.04 Å². The molecule has 2 aromatic carbocycles. The number of ether oxygens (including phenoxy) is 2. The average molecular weight is 464 g/mol. The Kier molecular flexibility index (Phi) is 5.96. The molecule has 8 heteroatoms. The fourth-order valence-corrected chi connectivity index (χ4v) is 4.67. The first-order chi connectivity index (χ1) is 16.5. The first kappa shape index (κ1) is 22.0. The summed E-state index contributed by atoms with van der Waals surface area (Å²) in [5.74, 6) is 0.361. The topological polar surface area (TPSA) is 64.0 Å². The molecule has 2 aliphatic rings. The Morgan fingerprint density at radius 2 is 1.91 bits per heavy atom. The number of fused-ring (bicyclic) bond motifs is 2. The van der Waals surface area contributed by atoms with Crippen LogP contribution in [0.15, 0.2) is 60.8 Å². The van der Waals surface area contributed by atoms with Crippen molar-refractivity contribution in [3.05, 3.63) is 83.4 Å². The summed E-state index contributed by atoms with van der Waals surface area (Å²) in [5, 5.41) is 0. The molecule has 0 bridgehead atoms. The zero-order chi connectivity index (χ0) is 23.7. The summed E-state index contributed by atoms with van der Waals surface area (Å²) in [7, 11) is 0. The maximum Gasteiger partial charge on any atom is 0.254 e. The van der Waals surface area contributed by atoms with E-state index in [0.717, 1.165) is 5.69 Å². The van der Waals surface area contributed by atoms with Gasteiger partial charge in [-0.15, -0.1) is 0 Å². The smallest absolute Gasteiger partial charge is 0.254 e. The Labute approximate surface area is 197 Å². The third kappa shape index (κ3) is 4.11. The SMILES string of the molecule is CCCN(CC(=O)N1CCn2cccc2C1c1cccc(F)c1)C(=O)c1ccc2c(c1)OCO2. The van der Waals surface area contributed by atoms with Crippen molar-refractivity contribution < 1.29 is 23.5 Å². The van der Waals surface area contributed by atoms with Crippen LogP contribution in [0, 0.1) is 5.82 Å². The van der Waals surface area contributed by atoms with Crippen molar-refractivity contribution in [3.8, 4) is 11.5 Å². The summed E-state index contributed by atoms with van der Waals surface area (Å²) < 4.78 is 26.9. The number of carbonyl (C=O) groups is 2. The van der Waals surface area contributed by atoms with Gasteiger partial charge in [0.15, 0.2) is 11.5 Å². The monoisotopic (exact) mass is 463 g/mol. The molecule has 3 aromatic rings. The van der Waals surface area contributed by atoms with Crippen molar-refractivity contribution in [2.45, 2.75) is 25.9 Å². The van der Waals surface area contributed by atoms with Gasteiger partial charge in [-0.3, -0.25) is 9.59 Å². The standard InChI is InChI=1S/C26H26FN3O4/c1-2-10-29(26(32)19-8-9-22-23(15-19)34-17-33-22)16-24(31)30-13-12-28-11-4-7-21(28)25(30)18-5-3-6-20(27)14-18/h3-9,11,14-15,25H,2,10,12-13,16-17H2,1H3. The number of nitrogens with zero attached hydrogens (tertiary/aromatic N) is 3. The van der Waals surface area contributed by atoms with Gasteiger partial charge in [0, 0.05) is 37.1 Å². The number of hydrogen-bond donors (Lipinski definition) is 0. The molecular weight excluding hydrogens is 437 g/mol. The predicted octanol–water partition coefficient (Wildman–Crippen LogP) is 3.84. The van der Waals surface area contributed by atoms with Crippen LogP contribution in [-0.4, -0.2) is 52.6 Å². The van der Waals surface area contributed by atoms with E-state index in [1.165, 1.54) is 12.1 Å². The Bertz CT molecular complexity index is 1220. The fraction of sp³-hybridized carbons (Fsp3) is 0.308. The Balaban J connectivity index is 1.41. The van der Waals surface area contributed by atoms with Crippen molar-refractivity contribution in [3.63, 3.8) is 0 Å². The summed E-state index contributed by atoms with van der Waals surface area (Å²) in [6.45, 7) is 3.58. The largest absolute Gasteiger partial charge is 0.454 e. The van der Waals surface area contributed by atoms with E-state index in [-0.39, 0.29) is 31.0 Å². The number of carbonyl (C=O) groups excluding carboxylic acids is 2. The quantitative estimate of drug-likeness (QED) is 0.557. The molecule has 3 heterocycles. The van der Waals surface area contributed by atoms with Gasteiger partial charge >= 0.3 is 0 Å². The lowest BCUT2D eigenvalue weighted by molar-refractivity contribution is -0.134. The number of amides is 2. The van der Waals surface area contributed by atoms with E-state index in [2.05, 4.69) is 4.57 Å².